The first-order chi connectivity index (χ1) is 8.83. The van der Waals surface area contributed by atoms with E-state index < -0.39 is 22.4 Å². The van der Waals surface area contributed by atoms with E-state index in [-0.39, 0.29) is 0 Å². The summed E-state index contributed by atoms with van der Waals surface area (Å²) in [5, 5.41) is 0. The molecule has 0 aliphatic carbocycles. The molecular weight excluding hydrogens is 256 g/mol. The van der Waals surface area contributed by atoms with E-state index in [1.54, 1.807) is 0 Å². The Bertz CT molecular complexity index is 315. The zero-order valence-corrected chi connectivity index (χ0v) is 13.9. The third-order valence-electron chi connectivity index (χ3n) is 2.71. The van der Waals surface area contributed by atoms with Crippen LogP contribution in [-0.2, 0) is 19.6 Å². The fourth-order valence-corrected chi connectivity index (χ4v) is 1.34. The standard InChI is InChI=1S/C16H28O4/c1-13(2)9-10-14(3,4)19-20-16(7,8)12-11-15(5,6)18-17-13/h9-12H,1-8H3/b10-9+,12-11+. The van der Waals surface area contributed by atoms with Crippen molar-refractivity contribution in [3.05, 3.63) is 24.3 Å². The molecule has 0 radical (unpaired) electrons. The van der Waals surface area contributed by atoms with E-state index in [4.69, 9.17) is 19.6 Å². The van der Waals surface area contributed by atoms with Crippen LogP contribution in [0.25, 0.3) is 0 Å². The normalized spacial score (nSPS) is 31.6. The van der Waals surface area contributed by atoms with Crippen molar-refractivity contribution in [3.8, 4) is 0 Å². The Morgan fingerprint density at radius 3 is 0.700 bits per heavy atom. The molecule has 0 unspecified atom stereocenters. The van der Waals surface area contributed by atoms with Gasteiger partial charge in [0.25, 0.3) is 0 Å². The lowest BCUT2D eigenvalue weighted by Crippen LogP contribution is -2.35. The quantitative estimate of drug-likeness (QED) is 0.495. The maximum atomic E-state index is 5.54. The molecule has 0 fully saturated rings. The summed E-state index contributed by atoms with van der Waals surface area (Å²) >= 11 is 0. The first-order valence-electron chi connectivity index (χ1n) is 6.97. The smallest absolute Gasteiger partial charge is 0.116 e. The van der Waals surface area contributed by atoms with E-state index in [0.29, 0.717) is 0 Å². The van der Waals surface area contributed by atoms with E-state index in [1.807, 2.05) is 79.7 Å². The Labute approximate surface area is 122 Å². The second-order valence-electron chi connectivity index (χ2n) is 7.41. The van der Waals surface area contributed by atoms with Crippen molar-refractivity contribution in [1.82, 2.24) is 0 Å². The predicted octanol–water partition coefficient (Wildman–Crippen LogP) is 4.12. The van der Waals surface area contributed by atoms with Crippen molar-refractivity contribution in [2.45, 2.75) is 77.8 Å². The first kappa shape index (κ1) is 17.4. The fourth-order valence-electron chi connectivity index (χ4n) is 1.34. The molecule has 0 N–H and O–H groups in total. The van der Waals surface area contributed by atoms with E-state index in [1.165, 1.54) is 0 Å². The Kier molecular flexibility index (Phi) is 4.87. The third-order valence-corrected chi connectivity index (χ3v) is 2.71. The van der Waals surface area contributed by atoms with Gasteiger partial charge in [-0.3, -0.25) is 0 Å². The molecule has 1 aliphatic heterocycles. The SMILES string of the molecule is CC1(C)/C=C/C(C)(C)OOC(C)(C)/C=C/C(C)(C)OO1. The molecule has 0 bridgehead atoms. The molecule has 0 aromatic carbocycles. The van der Waals surface area contributed by atoms with Gasteiger partial charge in [0.05, 0.1) is 0 Å². The second kappa shape index (κ2) is 5.60. The van der Waals surface area contributed by atoms with Crippen LogP contribution in [0.1, 0.15) is 55.4 Å². The van der Waals surface area contributed by atoms with E-state index >= 15 is 0 Å². The average molecular weight is 284 g/mol. The summed E-state index contributed by atoms with van der Waals surface area (Å²) in [5.74, 6) is 0. The van der Waals surface area contributed by atoms with Crippen LogP contribution in [-0.4, -0.2) is 22.4 Å². The first-order valence-corrected chi connectivity index (χ1v) is 6.97. The van der Waals surface area contributed by atoms with E-state index in [2.05, 4.69) is 0 Å². The van der Waals surface area contributed by atoms with Gasteiger partial charge in [-0.15, -0.1) is 0 Å². The van der Waals surface area contributed by atoms with Gasteiger partial charge in [0.1, 0.15) is 22.4 Å². The zero-order valence-electron chi connectivity index (χ0n) is 13.9. The van der Waals surface area contributed by atoms with Crippen molar-refractivity contribution in [2.75, 3.05) is 0 Å². The predicted molar refractivity (Wildman–Crippen MR) is 78.9 cm³/mol. The van der Waals surface area contributed by atoms with Gasteiger partial charge in [-0.05, 0) is 55.4 Å². The molecule has 1 heterocycles. The Morgan fingerprint density at radius 2 is 0.550 bits per heavy atom. The lowest BCUT2D eigenvalue weighted by Gasteiger charge is -2.32. The molecule has 1 aliphatic rings. The van der Waals surface area contributed by atoms with Crippen molar-refractivity contribution >= 4 is 0 Å². The van der Waals surface area contributed by atoms with Gasteiger partial charge >= 0.3 is 0 Å². The summed E-state index contributed by atoms with van der Waals surface area (Å²) < 4.78 is 0. The molecule has 0 spiro atoms. The molecule has 4 heteroatoms. The average Bonchev–Trinajstić information content (AvgIpc) is 2.30. The van der Waals surface area contributed by atoms with Gasteiger partial charge in [-0.1, -0.05) is 24.3 Å². The minimum absolute atomic E-state index is 0.555. The maximum absolute atomic E-state index is 5.54. The fraction of sp³-hybridized carbons (Fsp3) is 0.750. The molecule has 0 aromatic heterocycles. The van der Waals surface area contributed by atoms with Gasteiger partial charge in [-0.25, -0.2) is 19.6 Å². The molecular formula is C16H28O4. The highest BCUT2D eigenvalue weighted by Gasteiger charge is 2.29. The van der Waals surface area contributed by atoms with Crippen molar-refractivity contribution < 1.29 is 19.6 Å². The molecule has 116 valence electrons. The Balaban J connectivity index is 3.02. The summed E-state index contributed by atoms with van der Waals surface area (Å²) in [5.41, 5.74) is -2.22. The number of hydrogen-bond acceptors (Lipinski definition) is 4. The summed E-state index contributed by atoms with van der Waals surface area (Å²) in [6.45, 7) is 15.4. The van der Waals surface area contributed by atoms with E-state index in [0.717, 1.165) is 0 Å². The summed E-state index contributed by atoms with van der Waals surface area (Å²) in [4.78, 5) is 22.2. The van der Waals surface area contributed by atoms with Crippen LogP contribution in [0.3, 0.4) is 0 Å². The molecule has 0 aromatic rings. The molecule has 0 saturated heterocycles. The highest BCUT2D eigenvalue weighted by molar-refractivity contribution is 5.07. The topological polar surface area (TPSA) is 36.9 Å². The molecule has 1 rings (SSSR count). The largest absolute Gasteiger partial charge is 0.226 e. The lowest BCUT2D eigenvalue weighted by atomic mass is 10.0. The molecule has 0 saturated carbocycles. The zero-order chi connectivity index (χ0) is 15.7. The third kappa shape index (κ3) is 6.18. The lowest BCUT2D eigenvalue weighted by molar-refractivity contribution is -0.387. The van der Waals surface area contributed by atoms with Crippen molar-refractivity contribution in [1.29, 1.82) is 0 Å². The van der Waals surface area contributed by atoms with Crippen LogP contribution >= 0.6 is 0 Å². The minimum Gasteiger partial charge on any atom is -0.226 e. The van der Waals surface area contributed by atoms with Crippen LogP contribution in [0.15, 0.2) is 24.3 Å². The number of rotatable bonds is 0. The Hall–Kier alpha value is -0.680. The van der Waals surface area contributed by atoms with Crippen LogP contribution in [0.2, 0.25) is 0 Å². The molecule has 0 atom stereocenters. The van der Waals surface area contributed by atoms with Crippen molar-refractivity contribution in [3.63, 3.8) is 0 Å². The van der Waals surface area contributed by atoms with Crippen molar-refractivity contribution in [2.24, 2.45) is 0 Å². The van der Waals surface area contributed by atoms with Gasteiger partial charge in [0, 0.05) is 0 Å². The van der Waals surface area contributed by atoms with E-state index in [9.17, 15) is 0 Å². The summed E-state index contributed by atoms with van der Waals surface area (Å²) in [6, 6.07) is 0. The summed E-state index contributed by atoms with van der Waals surface area (Å²) in [7, 11) is 0. The molecule has 4 nitrogen and oxygen atoms in total. The van der Waals surface area contributed by atoms with Gasteiger partial charge in [0.15, 0.2) is 0 Å². The second-order valence-corrected chi connectivity index (χ2v) is 7.41. The van der Waals surface area contributed by atoms with Gasteiger partial charge in [-0.2, -0.15) is 0 Å². The van der Waals surface area contributed by atoms with Crippen LogP contribution in [0.5, 0.6) is 0 Å². The molecule has 0 amide bonds. The monoisotopic (exact) mass is 284 g/mol. The minimum atomic E-state index is -0.555. The highest BCUT2D eigenvalue weighted by atomic mass is 17.2. The maximum Gasteiger partial charge on any atom is 0.116 e. The van der Waals surface area contributed by atoms with Crippen LogP contribution in [0, 0.1) is 0 Å². The highest BCUT2D eigenvalue weighted by Crippen LogP contribution is 2.25. The summed E-state index contributed by atoms with van der Waals surface area (Å²) in [6.07, 6.45) is 7.63. The Morgan fingerprint density at radius 1 is 0.400 bits per heavy atom. The number of hydrogen-bond donors (Lipinski definition) is 0. The van der Waals surface area contributed by atoms with Gasteiger partial charge in [0.2, 0.25) is 0 Å². The van der Waals surface area contributed by atoms with Crippen LogP contribution in [0.4, 0.5) is 0 Å². The van der Waals surface area contributed by atoms with Crippen LogP contribution < -0.4 is 0 Å². The molecule has 20 heavy (non-hydrogen) atoms. The van der Waals surface area contributed by atoms with Gasteiger partial charge < -0.3 is 0 Å².